The van der Waals surface area contributed by atoms with E-state index in [2.05, 4.69) is 20.3 Å². The Kier molecular flexibility index (Phi) is 7.58. The van der Waals surface area contributed by atoms with Crippen molar-refractivity contribution < 1.29 is 19.5 Å². The average molecular weight is 482 g/mol. The predicted octanol–water partition coefficient (Wildman–Crippen LogP) is 3.07. The standard InChI is InChI=1S/C24H27N5O4S/c30-22(26-13-12-25-21-18-10-4-5-11-19(18)34-28-21)17-9-6-14-29(15-17)23(31)20(27-24(32)33)16-7-2-1-3-8-16/h1-5,7-8,10-11,17,20,27H,6,9,12-15H2,(H,25,28)(H,26,30)(H,32,33). The van der Waals surface area contributed by atoms with Crippen LogP contribution in [0.25, 0.3) is 10.1 Å². The molecule has 0 radical (unpaired) electrons. The largest absolute Gasteiger partial charge is 0.465 e. The van der Waals surface area contributed by atoms with E-state index in [9.17, 15) is 19.5 Å². The van der Waals surface area contributed by atoms with E-state index in [-0.39, 0.29) is 24.3 Å². The smallest absolute Gasteiger partial charge is 0.405 e. The minimum absolute atomic E-state index is 0.107. The molecule has 9 nitrogen and oxygen atoms in total. The molecular weight excluding hydrogens is 454 g/mol. The fourth-order valence-corrected chi connectivity index (χ4v) is 4.91. The lowest BCUT2D eigenvalue weighted by atomic mass is 9.95. The van der Waals surface area contributed by atoms with Crippen LogP contribution in [-0.2, 0) is 9.59 Å². The van der Waals surface area contributed by atoms with Gasteiger partial charge in [0.1, 0.15) is 11.9 Å². The number of hydrogen-bond acceptors (Lipinski definition) is 6. The van der Waals surface area contributed by atoms with E-state index in [0.717, 1.165) is 15.9 Å². The topological polar surface area (TPSA) is 124 Å². The Morgan fingerprint density at radius 2 is 1.85 bits per heavy atom. The Balaban J connectivity index is 1.30. The molecule has 2 unspecified atom stereocenters. The van der Waals surface area contributed by atoms with Crippen molar-refractivity contribution in [2.75, 3.05) is 31.5 Å². The molecule has 4 rings (SSSR count). The van der Waals surface area contributed by atoms with Gasteiger partial charge in [-0.1, -0.05) is 42.5 Å². The van der Waals surface area contributed by atoms with Crippen molar-refractivity contribution >= 4 is 45.3 Å². The van der Waals surface area contributed by atoms with Crippen LogP contribution in [0, 0.1) is 5.92 Å². The van der Waals surface area contributed by atoms with Crippen LogP contribution < -0.4 is 16.0 Å². The van der Waals surface area contributed by atoms with Crippen molar-refractivity contribution in [2.24, 2.45) is 5.92 Å². The Morgan fingerprint density at radius 1 is 1.09 bits per heavy atom. The molecule has 4 N–H and O–H groups in total. The van der Waals surface area contributed by atoms with Gasteiger partial charge in [0, 0.05) is 31.6 Å². The van der Waals surface area contributed by atoms with Crippen LogP contribution in [0.3, 0.4) is 0 Å². The zero-order valence-electron chi connectivity index (χ0n) is 18.6. The zero-order valence-corrected chi connectivity index (χ0v) is 19.4. The summed E-state index contributed by atoms with van der Waals surface area (Å²) in [5.41, 5.74) is 0.571. The van der Waals surface area contributed by atoms with Crippen LogP contribution in [0.2, 0.25) is 0 Å². The summed E-state index contributed by atoms with van der Waals surface area (Å²) in [6.45, 7) is 1.72. The summed E-state index contributed by atoms with van der Waals surface area (Å²) in [7, 11) is 0. The zero-order chi connectivity index (χ0) is 23.9. The molecule has 0 spiro atoms. The predicted molar refractivity (Wildman–Crippen MR) is 131 cm³/mol. The monoisotopic (exact) mass is 481 g/mol. The molecule has 1 aliphatic heterocycles. The molecule has 0 saturated carbocycles. The Morgan fingerprint density at radius 3 is 2.65 bits per heavy atom. The van der Waals surface area contributed by atoms with Crippen molar-refractivity contribution in [1.82, 2.24) is 19.9 Å². The summed E-state index contributed by atoms with van der Waals surface area (Å²) >= 11 is 1.43. The number of carbonyl (C=O) groups excluding carboxylic acids is 2. The Hall–Kier alpha value is -3.66. The first-order valence-electron chi connectivity index (χ1n) is 11.2. The number of piperidine rings is 1. The average Bonchev–Trinajstić information content (AvgIpc) is 3.28. The molecule has 1 saturated heterocycles. The van der Waals surface area contributed by atoms with Crippen molar-refractivity contribution in [3.8, 4) is 0 Å². The summed E-state index contributed by atoms with van der Waals surface area (Å²) < 4.78 is 5.52. The molecular formula is C24H27N5O4S. The van der Waals surface area contributed by atoms with E-state index in [1.165, 1.54) is 11.5 Å². The Labute approximate surface area is 201 Å². The number of fused-ring (bicyclic) bond motifs is 1. The van der Waals surface area contributed by atoms with E-state index in [0.29, 0.717) is 38.0 Å². The van der Waals surface area contributed by atoms with Crippen LogP contribution in [0.5, 0.6) is 0 Å². The summed E-state index contributed by atoms with van der Waals surface area (Å²) in [6.07, 6.45) is 0.0951. The summed E-state index contributed by atoms with van der Waals surface area (Å²) in [5.74, 6) is 0.0225. The molecule has 0 aliphatic carbocycles. The van der Waals surface area contributed by atoms with Crippen molar-refractivity contribution in [3.05, 3.63) is 60.2 Å². The fraction of sp³-hybridized carbons (Fsp3) is 0.333. The summed E-state index contributed by atoms with van der Waals surface area (Å²) in [6, 6.07) is 15.7. The van der Waals surface area contributed by atoms with E-state index in [4.69, 9.17) is 0 Å². The maximum atomic E-state index is 13.2. The number of amides is 3. The highest BCUT2D eigenvalue weighted by atomic mass is 32.1. The molecule has 1 fully saturated rings. The highest BCUT2D eigenvalue weighted by Gasteiger charge is 2.33. The number of nitrogens with zero attached hydrogens (tertiary/aromatic N) is 2. The molecule has 3 amide bonds. The second-order valence-electron chi connectivity index (χ2n) is 8.16. The number of hydrogen-bond donors (Lipinski definition) is 4. The number of carboxylic acid groups (broad SMARTS) is 1. The van der Waals surface area contributed by atoms with Gasteiger partial charge in [0.2, 0.25) is 11.8 Å². The first kappa shape index (κ1) is 23.5. The summed E-state index contributed by atoms with van der Waals surface area (Å²) in [4.78, 5) is 38.8. The minimum Gasteiger partial charge on any atom is -0.465 e. The number of aromatic nitrogens is 1. The van der Waals surface area contributed by atoms with Crippen molar-refractivity contribution in [1.29, 1.82) is 0 Å². The number of benzene rings is 2. The van der Waals surface area contributed by atoms with Crippen molar-refractivity contribution in [3.63, 3.8) is 0 Å². The van der Waals surface area contributed by atoms with Gasteiger partial charge in [0.25, 0.3) is 0 Å². The molecule has 10 heteroatoms. The second-order valence-corrected chi connectivity index (χ2v) is 8.97. The van der Waals surface area contributed by atoms with Crippen LogP contribution in [0.4, 0.5) is 10.6 Å². The third-order valence-corrected chi connectivity index (χ3v) is 6.67. The number of likely N-dealkylation sites (tertiary alicyclic amines) is 1. The van der Waals surface area contributed by atoms with Crippen LogP contribution in [0.1, 0.15) is 24.4 Å². The molecule has 34 heavy (non-hydrogen) atoms. The van der Waals surface area contributed by atoms with E-state index in [1.807, 2.05) is 24.3 Å². The third kappa shape index (κ3) is 5.63. The number of nitrogens with one attached hydrogen (secondary N) is 3. The molecule has 0 bridgehead atoms. The molecule has 2 atom stereocenters. The van der Waals surface area contributed by atoms with Gasteiger partial charge in [-0.05, 0) is 42.1 Å². The third-order valence-electron chi connectivity index (χ3n) is 5.85. The maximum Gasteiger partial charge on any atom is 0.405 e. The van der Waals surface area contributed by atoms with E-state index >= 15 is 0 Å². The van der Waals surface area contributed by atoms with Gasteiger partial charge in [0.15, 0.2) is 0 Å². The van der Waals surface area contributed by atoms with Crippen LogP contribution in [0.15, 0.2) is 54.6 Å². The van der Waals surface area contributed by atoms with Gasteiger partial charge >= 0.3 is 6.09 Å². The molecule has 3 aromatic rings. The molecule has 178 valence electrons. The lowest BCUT2D eigenvalue weighted by molar-refractivity contribution is -0.137. The van der Waals surface area contributed by atoms with Crippen LogP contribution >= 0.6 is 11.5 Å². The first-order chi connectivity index (χ1) is 16.5. The van der Waals surface area contributed by atoms with Crippen molar-refractivity contribution in [2.45, 2.75) is 18.9 Å². The van der Waals surface area contributed by atoms with Gasteiger partial charge < -0.3 is 26.0 Å². The minimum atomic E-state index is -1.27. The maximum absolute atomic E-state index is 13.2. The number of rotatable bonds is 8. The quantitative estimate of drug-likeness (QED) is 0.367. The molecule has 1 aliphatic rings. The van der Waals surface area contributed by atoms with Gasteiger partial charge in [-0.25, -0.2) is 4.79 Å². The molecule has 2 aromatic carbocycles. The lowest BCUT2D eigenvalue weighted by Gasteiger charge is -2.34. The lowest BCUT2D eigenvalue weighted by Crippen LogP contribution is -2.49. The Bertz CT molecular complexity index is 1150. The van der Waals surface area contributed by atoms with Gasteiger partial charge in [-0.3, -0.25) is 9.59 Å². The normalized spacial score (nSPS) is 16.6. The number of anilines is 1. The second kappa shape index (κ2) is 11.0. The fourth-order valence-electron chi connectivity index (χ4n) is 4.15. The van der Waals surface area contributed by atoms with Gasteiger partial charge in [0.05, 0.1) is 10.6 Å². The van der Waals surface area contributed by atoms with E-state index in [1.54, 1.807) is 35.2 Å². The van der Waals surface area contributed by atoms with Gasteiger partial charge in [-0.2, -0.15) is 4.37 Å². The number of carbonyl (C=O) groups is 3. The highest BCUT2D eigenvalue weighted by molar-refractivity contribution is 7.13. The van der Waals surface area contributed by atoms with Crippen LogP contribution in [-0.4, -0.2) is 58.5 Å². The first-order valence-corrected chi connectivity index (χ1v) is 12.0. The van der Waals surface area contributed by atoms with E-state index < -0.39 is 12.1 Å². The molecule has 1 aromatic heterocycles. The summed E-state index contributed by atoms with van der Waals surface area (Å²) in [5, 5.41) is 18.8. The SMILES string of the molecule is O=C(O)NC(C(=O)N1CCCC(C(=O)NCCNc2nsc3ccccc23)C1)c1ccccc1. The van der Waals surface area contributed by atoms with Gasteiger partial charge in [-0.15, -0.1) is 0 Å². The molecule has 2 heterocycles. The highest BCUT2D eigenvalue weighted by Crippen LogP contribution is 2.26.